The number of fused-ring (bicyclic) bond motifs is 4. The van der Waals surface area contributed by atoms with E-state index in [0.29, 0.717) is 38.7 Å². The van der Waals surface area contributed by atoms with Crippen LogP contribution >= 0.6 is 0 Å². The van der Waals surface area contributed by atoms with Gasteiger partial charge in [0.2, 0.25) is 5.79 Å². The van der Waals surface area contributed by atoms with Crippen LogP contribution in [0.1, 0.15) is 119 Å². The Morgan fingerprint density at radius 2 is 1.68 bits per heavy atom. The molecule has 14 atom stereocenters. The third kappa shape index (κ3) is 11.8. The Bertz CT molecular complexity index is 2130. The first-order chi connectivity index (χ1) is 32.3. The Morgan fingerprint density at radius 1 is 0.956 bits per heavy atom. The summed E-state index contributed by atoms with van der Waals surface area (Å²) in [5.41, 5.74) is 4.02. The molecule has 1 amide bonds. The lowest BCUT2D eigenvalue weighted by Gasteiger charge is -2.47. The highest BCUT2D eigenvalue weighted by atomic mass is 16.7. The summed E-state index contributed by atoms with van der Waals surface area (Å²) in [5, 5.41) is 25.3. The number of aryl methyl sites for hydroxylation is 1. The number of rotatable bonds is 9. The monoisotopic (exact) mass is 948 g/mol. The van der Waals surface area contributed by atoms with E-state index >= 15 is 0 Å². The summed E-state index contributed by atoms with van der Waals surface area (Å²) in [6.45, 7) is 14.0. The van der Waals surface area contributed by atoms with Gasteiger partial charge in [0.05, 0.1) is 30.5 Å². The van der Waals surface area contributed by atoms with E-state index in [1.807, 2.05) is 40.8 Å². The molecule has 1 aromatic heterocycles. The van der Waals surface area contributed by atoms with Crippen molar-refractivity contribution in [2.24, 2.45) is 36.6 Å². The lowest BCUT2D eigenvalue weighted by atomic mass is 9.80. The number of hydrogen-bond acceptors (Lipinski definition) is 12. The average molecular weight is 948 g/mol. The summed E-state index contributed by atoms with van der Waals surface area (Å²) >= 11 is 0. The summed E-state index contributed by atoms with van der Waals surface area (Å²) in [6, 6.07) is 7.64. The minimum atomic E-state index is -2.50. The van der Waals surface area contributed by atoms with Gasteiger partial charge in [-0.25, -0.2) is 4.79 Å². The van der Waals surface area contributed by atoms with Gasteiger partial charge in [0.1, 0.15) is 24.0 Å². The maximum atomic E-state index is 14.6. The van der Waals surface area contributed by atoms with E-state index in [-0.39, 0.29) is 55.6 Å². The third-order valence-electron chi connectivity index (χ3n) is 15.7. The number of anilines is 1. The number of nitrogens with zero attached hydrogens (tertiary/aromatic N) is 3. The van der Waals surface area contributed by atoms with Crippen molar-refractivity contribution in [2.75, 3.05) is 39.3 Å². The fraction of sp³-hybridized carbons (Fsp3) is 0.704. The third-order valence-corrected chi connectivity index (χ3v) is 15.7. The Kier molecular flexibility index (Phi) is 18.3. The van der Waals surface area contributed by atoms with Crippen LogP contribution in [-0.4, -0.2) is 132 Å². The number of hydrogen-bond donors (Lipinski definition) is 2. The highest BCUT2D eigenvalue weighted by molar-refractivity contribution is 6.39. The van der Waals surface area contributed by atoms with Crippen LogP contribution in [0.5, 0.6) is 0 Å². The first-order valence-corrected chi connectivity index (χ1v) is 25.3. The number of piperidine rings is 1. The molecule has 2 N–H and O–H groups in total. The molecule has 2 aromatic rings. The molecule has 1 aromatic carbocycles. The number of allylic oxidation sites excluding steroid dienone is 3. The van der Waals surface area contributed by atoms with Crippen molar-refractivity contribution < 1.29 is 53.1 Å². The van der Waals surface area contributed by atoms with Gasteiger partial charge in [0.25, 0.3) is 11.7 Å². The highest BCUT2D eigenvalue weighted by Gasteiger charge is 2.56. The van der Waals surface area contributed by atoms with Crippen LogP contribution in [0.15, 0.2) is 53.8 Å². The van der Waals surface area contributed by atoms with Crippen molar-refractivity contribution in [1.82, 2.24) is 9.47 Å². The molecule has 1 saturated carbocycles. The number of cyclic esters (lactones) is 1. The second kappa shape index (κ2) is 23.3. The first-order valence-electron chi connectivity index (χ1n) is 25.3. The summed E-state index contributed by atoms with van der Waals surface area (Å²) in [7, 11) is 7.26. The quantitative estimate of drug-likeness (QED) is 0.145. The predicted molar refractivity (Wildman–Crippen MR) is 262 cm³/mol. The van der Waals surface area contributed by atoms with E-state index < -0.39 is 77.8 Å². The lowest BCUT2D eigenvalue weighted by molar-refractivity contribution is -0.302. The van der Waals surface area contributed by atoms with Crippen LogP contribution in [0.4, 0.5) is 5.69 Å². The maximum Gasteiger partial charge on any atom is 0.329 e. The largest absolute Gasteiger partial charge is 0.456 e. The van der Waals surface area contributed by atoms with Gasteiger partial charge in [-0.15, -0.1) is 0 Å². The zero-order valence-corrected chi connectivity index (χ0v) is 42.6. The lowest BCUT2D eigenvalue weighted by Crippen LogP contribution is -2.64. The number of ketones is 2. The number of benzene rings is 1. The van der Waals surface area contributed by atoms with Gasteiger partial charge in [-0.3, -0.25) is 14.4 Å². The molecule has 2 saturated heterocycles. The summed E-state index contributed by atoms with van der Waals surface area (Å²) in [6.07, 6.45) is 7.49. The number of aliphatic hydroxyl groups is 2. The van der Waals surface area contributed by atoms with E-state index in [2.05, 4.69) is 60.0 Å². The Morgan fingerprint density at radius 3 is 2.37 bits per heavy atom. The molecule has 4 heterocycles. The Hall–Kier alpha value is -3.92. The smallest absolute Gasteiger partial charge is 0.329 e. The number of aliphatic hydroxyl groups excluding tert-OH is 1. The van der Waals surface area contributed by atoms with Gasteiger partial charge in [0.15, 0.2) is 0 Å². The van der Waals surface area contributed by atoms with Crippen LogP contribution in [0.3, 0.4) is 0 Å². The number of ether oxygens (including phenoxy) is 5. The van der Waals surface area contributed by atoms with Crippen molar-refractivity contribution >= 4 is 40.0 Å². The molecule has 6 rings (SSSR count). The standard InChI is InChI=1S/C54H81N3O11/c1-12-38-25-32(3)24-33(4)26-47(64-10)50-48(65-11)28-35(6)54(63,68-50)51(60)52(61)57-22-15-14-16-43(57)53(62)67-49(36(7)44(58)31-45(38)59)34(5)27-37-17-19-42(46(29-37)66-13-2)56(9)40-18-20-41-39(30-40)21-23-55(41)8/h18,20-21,23,25,27,30,33,35-38,42-44,46-50,58,63H,12-17,19,22,24,26,28-29,31H2,1-11H3/b32-25+,34-27?. The van der Waals surface area contributed by atoms with E-state index in [1.54, 1.807) is 28.1 Å². The summed E-state index contributed by atoms with van der Waals surface area (Å²) < 4.78 is 33.1. The van der Waals surface area contributed by atoms with E-state index in [1.165, 1.54) is 15.8 Å². The van der Waals surface area contributed by atoms with Crippen LogP contribution in [0.25, 0.3) is 10.9 Å². The Labute approximate surface area is 404 Å². The molecule has 14 heteroatoms. The molecule has 3 fully saturated rings. The number of Topliss-reactive ketones (excluding diaryl/α,β-unsaturated/α-hetero) is 2. The average Bonchev–Trinajstić information content (AvgIpc) is 3.70. The zero-order valence-electron chi connectivity index (χ0n) is 42.6. The molecule has 2 bridgehead atoms. The van der Waals surface area contributed by atoms with Crippen LogP contribution in [0, 0.1) is 29.6 Å². The topological polar surface area (TPSA) is 166 Å². The number of carbonyl (C=O) groups is 4. The minimum Gasteiger partial charge on any atom is -0.456 e. The number of likely N-dealkylation sites (N-methyl/N-ethyl adjacent to an activating group) is 1. The molecular weight excluding hydrogens is 867 g/mol. The molecule has 0 spiro atoms. The highest BCUT2D eigenvalue weighted by Crippen LogP contribution is 2.40. The minimum absolute atomic E-state index is 0.0339. The number of esters is 1. The molecule has 14 nitrogen and oxygen atoms in total. The maximum absolute atomic E-state index is 14.6. The Balaban J connectivity index is 1.32. The molecular formula is C54H81N3O11. The first kappa shape index (κ1) is 53.4. The zero-order chi connectivity index (χ0) is 49.6. The second-order valence-corrected chi connectivity index (χ2v) is 20.7. The molecule has 0 radical (unpaired) electrons. The van der Waals surface area contributed by atoms with Crippen LogP contribution in [-0.2, 0) is 49.9 Å². The molecule has 378 valence electrons. The number of methoxy groups -OCH3 is 2. The van der Waals surface area contributed by atoms with Gasteiger partial charge in [-0.2, -0.15) is 0 Å². The van der Waals surface area contributed by atoms with Gasteiger partial charge in [0, 0.05) is 88.4 Å². The van der Waals surface area contributed by atoms with E-state index in [0.717, 1.165) is 36.1 Å². The van der Waals surface area contributed by atoms with Gasteiger partial charge < -0.3 is 48.3 Å². The van der Waals surface area contributed by atoms with Crippen LogP contribution < -0.4 is 4.90 Å². The van der Waals surface area contributed by atoms with Crippen molar-refractivity contribution in [3.05, 3.63) is 53.8 Å². The number of aromatic nitrogens is 1. The van der Waals surface area contributed by atoms with Crippen molar-refractivity contribution in [3.63, 3.8) is 0 Å². The van der Waals surface area contributed by atoms with Gasteiger partial charge in [-0.05, 0) is 127 Å². The normalized spacial score (nSPS) is 36.4. The number of carbonyl (C=O) groups excluding carboxylic acids is 4. The fourth-order valence-electron chi connectivity index (χ4n) is 11.7. The SMILES string of the molecule is CCOC1CC(C=C(C)C2OC(=O)C3CCCCN3C(=O)C(=O)C3(O)OC(C(OC)CC(C)C/C(C)=C/C(CC)C(=O)CC(O)C2C)C(OC)CC3C)CCC1N(C)c1ccc2c(ccn2C)c1. The van der Waals surface area contributed by atoms with Gasteiger partial charge >= 0.3 is 5.97 Å². The molecule has 4 aliphatic rings. The second-order valence-electron chi connectivity index (χ2n) is 20.7. The summed E-state index contributed by atoms with van der Waals surface area (Å²) in [4.78, 5) is 61.1. The summed E-state index contributed by atoms with van der Waals surface area (Å²) in [5.74, 6) is -7.37. The molecule has 14 unspecified atom stereocenters. The van der Waals surface area contributed by atoms with E-state index in [4.69, 9.17) is 23.7 Å². The molecule has 68 heavy (non-hydrogen) atoms. The fourth-order valence-corrected chi connectivity index (χ4v) is 11.7. The number of amides is 1. The molecule has 3 aliphatic heterocycles. The van der Waals surface area contributed by atoms with Crippen molar-refractivity contribution in [3.8, 4) is 0 Å². The molecule has 1 aliphatic carbocycles. The van der Waals surface area contributed by atoms with Gasteiger partial charge in [-0.1, -0.05) is 45.4 Å². The van der Waals surface area contributed by atoms with Crippen molar-refractivity contribution in [2.45, 2.75) is 174 Å². The predicted octanol–water partition coefficient (Wildman–Crippen LogP) is 7.50. The van der Waals surface area contributed by atoms with Crippen molar-refractivity contribution in [1.29, 1.82) is 0 Å². The van der Waals surface area contributed by atoms with E-state index in [9.17, 15) is 29.4 Å². The van der Waals surface area contributed by atoms with Crippen LogP contribution in [0.2, 0.25) is 0 Å².